The quantitative estimate of drug-likeness (QED) is 0.577. The summed E-state index contributed by atoms with van der Waals surface area (Å²) in [6, 6.07) is 12.6. The van der Waals surface area contributed by atoms with Gasteiger partial charge in [0.05, 0.1) is 6.26 Å². The average molecular weight is 378 g/mol. The highest BCUT2D eigenvalue weighted by Gasteiger charge is 2.23. The zero-order valence-electron chi connectivity index (χ0n) is 16.6. The minimum absolute atomic E-state index is 0.111. The average Bonchev–Trinajstić information content (AvgIpc) is 3.19. The molecule has 0 aliphatic heterocycles. The van der Waals surface area contributed by atoms with Crippen LogP contribution in [0.25, 0.3) is 11.5 Å². The van der Waals surface area contributed by atoms with Crippen LogP contribution in [0.4, 0.5) is 5.69 Å². The Morgan fingerprint density at radius 2 is 1.89 bits per heavy atom. The Hall–Kier alpha value is -3.08. The molecular weight excluding hydrogens is 352 g/mol. The van der Waals surface area contributed by atoms with Crippen molar-refractivity contribution >= 4 is 11.6 Å². The van der Waals surface area contributed by atoms with Crippen molar-refractivity contribution in [2.75, 3.05) is 5.32 Å². The van der Waals surface area contributed by atoms with E-state index in [1.54, 1.807) is 18.4 Å². The number of hydrogen-bond donors (Lipinski definition) is 1. The lowest BCUT2D eigenvalue weighted by atomic mass is 10.1. The van der Waals surface area contributed by atoms with Gasteiger partial charge >= 0.3 is 0 Å². The van der Waals surface area contributed by atoms with Gasteiger partial charge in [-0.2, -0.15) is 0 Å². The summed E-state index contributed by atoms with van der Waals surface area (Å²) in [5.41, 5.74) is 2.79. The monoisotopic (exact) mass is 378 g/mol. The molecule has 0 spiro atoms. The maximum absolute atomic E-state index is 13.1. The molecular formula is C23H26N2O3. The van der Waals surface area contributed by atoms with Crippen molar-refractivity contribution in [2.45, 2.75) is 46.6 Å². The van der Waals surface area contributed by atoms with E-state index in [1.165, 1.54) is 6.07 Å². The number of para-hydroxylation sites is 1. The predicted octanol–water partition coefficient (Wildman–Crippen LogP) is 5.17. The maximum Gasteiger partial charge on any atom is 0.261 e. The van der Waals surface area contributed by atoms with Crippen molar-refractivity contribution in [1.82, 2.24) is 4.57 Å². The topological polar surface area (TPSA) is 64.2 Å². The first-order valence-electron chi connectivity index (χ1n) is 9.68. The first-order valence-corrected chi connectivity index (χ1v) is 9.68. The van der Waals surface area contributed by atoms with Crippen molar-refractivity contribution in [2.24, 2.45) is 0 Å². The number of benzene rings is 1. The molecule has 0 aliphatic carbocycles. The van der Waals surface area contributed by atoms with Crippen LogP contribution in [0, 0.1) is 13.8 Å². The molecule has 0 saturated heterocycles. The molecule has 1 aromatic carbocycles. The van der Waals surface area contributed by atoms with Crippen LogP contribution in [-0.4, -0.2) is 10.5 Å². The normalized spacial score (nSPS) is 10.8. The SMILES string of the molecule is CCCCCn1c(C)cc(=O)c(C(=O)Nc2ccccc2C)c1-c1ccco1. The molecule has 2 heterocycles. The van der Waals surface area contributed by atoms with Crippen molar-refractivity contribution < 1.29 is 9.21 Å². The highest BCUT2D eigenvalue weighted by molar-refractivity contribution is 6.08. The molecule has 28 heavy (non-hydrogen) atoms. The van der Waals surface area contributed by atoms with Gasteiger partial charge in [-0.1, -0.05) is 38.0 Å². The Balaban J connectivity index is 2.11. The largest absolute Gasteiger partial charge is 0.463 e. The van der Waals surface area contributed by atoms with E-state index in [0.717, 1.165) is 37.1 Å². The molecule has 0 saturated carbocycles. The molecule has 0 fully saturated rings. The lowest BCUT2D eigenvalue weighted by Gasteiger charge is -2.19. The zero-order valence-corrected chi connectivity index (χ0v) is 16.6. The van der Waals surface area contributed by atoms with Gasteiger partial charge in [0.15, 0.2) is 11.2 Å². The lowest BCUT2D eigenvalue weighted by Crippen LogP contribution is -2.27. The third-order valence-corrected chi connectivity index (χ3v) is 4.88. The van der Waals surface area contributed by atoms with E-state index in [2.05, 4.69) is 12.2 Å². The van der Waals surface area contributed by atoms with Crippen molar-refractivity contribution in [3.63, 3.8) is 0 Å². The summed E-state index contributed by atoms with van der Waals surface area (Å²) in [5, 5.41) is 2.89. The van der Waals surface area contributed by atoms with E-state index in [0.29, 0.717) is 17.1 Å². The number of rotatable bonds is 7. The van der Waals surface area contributed by atoms with Gasteiger partial charge in [0, 0.05) is 24.0 Å². The second kappa shape index (κ2) is 8.74. The van der Waals surface area contributed by atoms with E-state index in [1.807, 2.05) is 42.7 Å². The van der Waals surface area contributed by atoms with Gasteiger partial charge < -0.3 is 14.3 Å². The number of nitrogens with zero attached hydrogens (tertiary/aromatic N) is 1. The van der Waals surface area contributed by atoms with Crippen LogP contribution in [0.1, 0.15) is 47.8 Å². The smallest absolute Gasteiger partial charge is 0.261 e. The van der Waals surface area contributed by atoms with Gasteiger partial charge in [0.25, 0.3) is 5.91 Å². The molecule has 0 radical (unpaired) electrons. The fourth-order valence-electron chi connectivity index (χ4n) is 3.36. The van der Waals surface area contributed by atoms with Crippen molar-refractivity contribution in [1.29, 1.82) is 0 Å². The van der Waals surface area contributed by atoms with Gasteiger partial charge in [-0.15, -0.1) is 0 Å². The van der Waals surface area contributed by atoms with Crippen LogP contribution in [-0.2, 0) is 6.54 Å². The number of aromatic nitrogens is 1. The van der Waals surface area contributed by atoms with Gasteiger partial charge in [0.1, 0.15) is 11.3 Å². The maximum atomic E-state index is 13.1. The first kappa shape index (κ1) is 19.7. The number of nitrogens with one attached hydrogen (secondary N) is 1. The molecule has 0 unspecified atom stereocenters. The number of aryl methyl sites for hydroxylation is 2. The highest BCUT2D eigenvalue weighted by Crippen LogP contribution is 2.26. The second-order valence-electron chi connectivity index (χ2n) is 6.98. The molecule has 3 rings (SSSR count). The molecule has 146 valence electrons. The van der Waals surface area contributed by atoms with Gasteiger partial charge in [-0.05, 0) is 44.0 Å². The Labute approximate surface area is 165 Å². The summed E-state index contributed by atoms with van der Waals surface area (Å²) in [6.45, 7) is 6.68. The molecule has 3 aromatic rings. The molecule has 1 amide bonds. The summed E-state index contributed by atoms with van der Waals surface area (Å²) < 4.78 is 7.62. The fraction of sp³-hybridized carbons (Fsp3) is 0.304. The Morgan fingerprint density at radius 1 is 1.11 bits per heavy atom. The fourth-order valence-corrected chi connectivity index (χ4v) is 3.36. The Morgan fingerprint density at radius 3 is 2.57 bits per heavy atom. The number of anilines is 1. The van der Waals surface area contributed by atoms with E-state index in [9.17, 15) is 9.59 Å². The molecule has 5 nitrogen and oxygen atoms in total. The second-order valence-corrected chi connectivity index (χ2v) is 6.98. The van der Waals surface area contributed by atoms with Gasteiger partial charge in [-0.25, -0.2) is 0 Å². The van der Waals surface area contributed by atoms with E-state index in [4.69, 9.17) is 4.42 Å². The lowest BCUT2D eigenvalue weighted by molar-refractivity contribution is 0.102. The minimum atomic E-state index is -0.421. The molecule has 5 heteroatoms. The van der Waals surface area contributed by atoms with E-state index in [-0.39, 0.29) is 11.0 Å². The molecule has 0 aliphatic rings. The van der Waals surface area contributed by atoms with E-state index < -0.39 is 5.91 Å². The van der Waals surface area contributed by atoms with Crippen LogP contribution in [0.15, 0.2) is 57.9 Å². The van der Waals surface area contributed by atoms with Crippen molar-refractivity contribution in [3.05, 3.63) is 75.8 Å². The van der Waals surface area contributed by atoms with E-state index >= 15 is 0 Å². The molecule has 1 N–H and O–H groups in total. The number of pyridine rings is 1. The van der Waals surface area contributed by atoms with Gasteiger partial charge in [-0.3, -0.25) is 9.59 Å². The molecule has 2 aromatic heterocycles. The third kappa shape index (κ3) is 4.09. The number of hydrogen-bond acceptors (Lipinski definition) is 3. The van der Waals surface area contributed by atoms with Crippen LogP contribution in [0.5, 0.6) is 0 Å². The molecule has 0 atom stereocenters. The van der Waals surface area contributed by atoms with Crippen molar-refractivity contribution in [3.8, 4) is 11.5 Å². The van der Waals surface area contributed by atoms with Crippen LogP contribution >= 0.6 is 0 Å². The number of amides is 1. The standard InChI is InChI=1S/C23H26N2O3/c1-4-5-8-13-25-17(3)15-19(26)21(22(25)20-12-9-14-28-20)23(27)24-18-11-7-6-10-16(18)2/h6-7,9-12,14-15H,4-5,8,13H2,1-3H3,(H,24,27). The Bertz CT molecular complexity index is 1020. The summed E-state index contributed by atoms with van der Waals surface area (Å²) in [5.74, 6) is 0.0992. The summed E-state index contributed by atoms with van der Waals surface area (Å²) in [6.07, 6.45) is 4.69. The summed E-state index contributed by atoms with van der Waals surface area (Å²) >= 11 is 0. The minimum Gasteiger partial charge on any atom is -0.463 e. The number of furan rings is 1. The summed E-state index contributed by atoms with van der Waals surface area (Å²) in [4.78, 5) is 26.0. The van der Waals surface area contributed by atoms with Gasteiger partial charge in [0.2, 0.25) is 0 Å². The first-order chi connectivity index (χ1) is 13.5. The van der Waals surface area contributed by atoms with Crippen LogP contribution < -0.4 is 10.7 Å². The Kier molecular flexibility index (Phi) is 6.14. The third-order valence-electron chi connectivity index (χ3n) is 4.88. The van der Waals surface area contributed by atoms with Crippen LogP contribution in [0.2, 0.25) is 0 Å². The predicted molar refractivity (Wildman–Crippen MR) is 112 cm³/mol. The zero-order chi connectivity index (χ0) is 20.1. The van der Waals surface area contributed by atoms with Crippen LogP contribution in [0.3, 0.4) is 0 Å². The highest BCUT2D eigenvalue weighted by atomic mass is 16.3. The summed E-state index contributed by atoms with van der Waals surface area (Å²) in [7, 11) is 0. The number of carbonyl (C=O) groups is 1. The molecule has 0 bridgehead atoms. The number of carbonyl (C=O) groups excluding carboxylic acids is 1. The number of unbranched alkanes of at least 4 members (excludes halogenated alkanes) is 2.